The molecule has 2 amide bonds. The highest BCUT2D eigenvalue weighted by Gasteiger charge is 2.54. The van der Waals surface area contributed by atoms with Crippen molar-refractivity contribution in [2.75, 3.05) is 18.1 Å². The molecule has 0 aromatic heterocycles. The molecule has 0 bridgehead atoms. The Morgan fingerprint density at radius 1 is 1.26 bits per heavy atom. The van der Waals surface area contributed by atoms with E-state index in [9.17, 15) is 9.59 Å². The van der Waals surface area contributed by atoms with Crippen LogP contribution in [0.15, 0.2) is 0 Å². The smallest absolute Gasteiger partial charge is 0.249 e. The molecule has 2 fully saturated rings. The summed E-state index contributed by atoms with van der Waals surface area (Å²) >= 11 is 1.81. The van der Waals surface area contributed by atoms with Crippen molar-refractivity contribution >= 4 is 23.6 Å². The van der Waals surface area contributed by atoms with Gasteiger partial charge in [-0.3, -0.25) is 9.59 Å². The summed E-state index contributed by atoms with van der Waals surface area (Å²) in [6.07, 6.45) is 3.66. The minimum absolute atomic E-state index is 0.00417. The van der Waals surface area contributed by atoms with Crippen molar-refractivity contribution in [3.63, 3.8) is 0 Å². The second-order valence-corrected chi connectivity index (χ2v) is 7.35. The van der Waals surface area contributed by atoms with Crippen LogP contribution in [0.3, 0.4) is 0 Å². The van der Waals surface area contributed by atoms with Crippen molar-refractivity contribution in [2.24, 2.45) is 0 Å². The Bertz CT molecular complexity index is 376. The monoisotopic (exact) mass is 284 g/mol. The van der Waals surface area contributed by atoms with Crippen LogP contribution in [0.1, 0.15) is 46.5 Å². The zero-order valence-electron chi connectivity index (χ0n) is 12.1. The third-order valence-corrected chi connectivity index (χ3v) is 5.24. The Labute approximate surface area is 119 Å². The quantitative estimate of drug-likeness (QED) is 0.801. The van der Waals surface area contributed by atoms with Crippen LogP contribution in [0.2, 0.25) is 0 Å². The van der Waals surface area contributed by atoms with Gasteiger partial charge in [0, 0.05) is 12.3 Å². The molecule has 0 unspecified atom stereocenters. The SMILES string of the molecule is CCSCCN1C(=O)C2(CCCC2)NC(=O)C1(C)C. The highest BCUT2D eigenvalue weighted by molar-refractivity contribution is 7.99. The Balaban J connectivity index is 2.19. The average Bonchev–Trinajstić information content (AvgIpc) is 2.81. The van der Waals surface area contributed by atoms with Crippen LogP contribution in [0.4, 0.5) is 0 Å². The molecular formula is C14H24N2O2S. The van der Waals surface area contributed by atoms with Crippen molar-refractivity contribution in [3.8, 4) is 0 Å². The minimum atomic E-state index is -0.723. The summed E-state index contributed by atoms with van der Waals surface area (Å²) in [7, 11) is 0. The molecule has 19 heavy (non-hydrogen) atoms. The first kappa shape index (κ1) is 14.7. The average molecular weight is 284 g/mol. The molecule has 0 aromatic rings. The summed E-state index contributed by atoms with van der Waals surface area (Å²) in [5.41, 5.74) is -1.32. The predicted octanol–water partition coefficient (Wildman–Crippen LogP) is 1.79. The fourth-order valence-corrected chi connectivity index (χ4v) is 3.66. The number of thioether (sulfide) groups is 1. The summed E-state index contributed by atoms with van der Waals surface area (Å²) in [6, 6.07) is 0. The maximum atomic E-state index is 12.8. The molecule has 0 atom stereocenters. The van der Waals surface area contributed by atoms with E-state index in [1.54, 1.807) is 4.90 Å². The van der Waals surface area contributed by atoms with Crippen LogP contribution in [0.5, 0.6) is 0 Å². The summed E-state index contributed by atoms with van der Waals surface area (Å²) in [5, 5.41) is 3.02. The summed E-state index contributed by atoms with van der Waals surface area (Å²) in [4.78, 5) is 27.0. The molecule has 1 aliphatic carbocycles. The number of hydrogen-bond acceptors (Lipinski definition) is 3. The zero-order chi connectivity index (χ0) is 14.1. The van der Waals surface area contributed by atoms with Crippen molar-refractivity contribution < 1.29 is 9.59 Å². The van der Waals surface area contributed by atoms with E-state index < -0.39 is 11.1 Å². The van der Waals surface area contributed by atoms with Crippen LogP contribution in [-0.4, -0.2) is 45.8 Å². The van der Waals surface area contributed by atoms with Gasteiger partial charge in [0.1, 0.15) is 11.1 Å². The number of carbonyl (C=O) groups is 2. The molecule has 1 aliphatic heterocycles. The number of hydrogen-bond donors (Lipinski definition) is 1. The second kappa shape index (κ2) is 5.35. The van der Waals surface area contributed by atoms with Crippen molar-refractivity contribution in [1.82, 2.24) is 10.2 Å². The van der Waals surface area contributed by atoms with Gasteiger partial charge in [-0.2, -0.15) is 11.8 Å². The normalized spacial score (nSPS) is 24.9. The predicted molar refractivity (Wildman–Crippen MR) is 78.1 cm³/mol. The van der Waals surface area contributed by atoms with Crippen LogP contribution in [-0.2, 0) is 9.59 Å². The number of carbonyl (C=O) groups excluding carboxylic acids is 2. The van der Waals surface area contributed by atoms with Gasteiger partial charge in [0.15, 0.2) is 0 Å². The molecule has 1 heterocycles. The molecular weight excluding hydrogens is 260 g/mol. The third kappa shape index (κ3) is 2.49. The maximum Gasteiger partial charge on any atom is 0.249 e. The van der Waals surface area contributed by atoms with Gasteiger partial charge < -0.3 is 10.2 Å². The Morgan fingerprint density at radius 3 is 2.47 bits per heavy atom. The van der Waals surface area contributed by atoms with Crippen molar-refractivity contribution in [2.45, 2.75) is 57.5 Å². The van der Waals surface area contributed by atoms with Gasteiger partial charge in [-0.15, -0.1) is 0 Å². The fraction of sp³-hybridized carbons (Fsp3) is 0.857. The van der Waals surface area contributed by atoms with Gasteiger partial charge in [0.2, 0.25) is 11.8 Å². The largest absolute Gasteiger partial charge is 0.340 e. The highest BCUT2D eigenvalue weighted by Crippen LogP contribution is 2.37. The first-order chi connectivity index (χ1) is 8.94. The number of nitrogens with one attached hydrogen (secondary N) is 1. The van der Waals surface area contributed by atoms with E-state index in [1.807, 2.05) is 25.6 Å². The van der Waals surface area contributed by atoms with E-state index in [0.29, 0.717) is 6.54 Å². The van der Waals surface area contributed by atoms with Gasteiger partial charge in [-0.1, -0.05) is 19.8 Å². The highest BCUT2D eigenvalue weighted by atomic mass is 32.2. The topological polar surface area (TPSA) is 49.4 Å². The Kier molecular flexibility index (Phi) is 4.14. The molecule has 0 radical (unpaired) electrons. The van der Waals surface area contributed by atoms with Gasteiger partial charge in [0.05, 0.1) is 0 Å². The molecule has 108 valence electrons. The molecule has 1 N–H and O–H groups in total. The summed E-state index contributed by atoms with van der Waals surface area (Å²) in [6.45, 7) is 6.47. The third-order valence-electron chi connectivity index (χ3n) is 4.36. The minimum Gasteiger partial charge on any atom is -0.340 e. The van der Waals surface area contributed by atoms with Crippen LogP contribution < -0.4 is 5.32 Å². The van der Waals surface area contributed by atoms with Gasteiger partial charge >= 0.3 is 0 Å². The van der Waals surface area contributed by atoms with E-state index >= 15 is 0 Å². The lowest BCUT2D eigenvalue weighted by molar-refractivity contribution is -0.160. The van der Waals surface area contributed by atoms with Crippen LogP contribution in [0.25, 0.3) is 0 Å². The van der Waals surface area contributed by atoms with Gasteiger partial charge in [0.25, 0.3) is 0 Å². The molecule has 2 rings (SSSR count). The standard InChI is InChI=1S/C14H24N2O2S/c1-4-19-10-9-16-12(18)14(7-5-6-8-14)15-11(17)13(16,2)3/h4-10H2,1-3H3,(H,15,17). The van der Waals surface area contributed by atoms with E-state index in [1.165, 1.54) is 0 Å². The second-order valence-electron chi connectivity index (χ2n) is 5.96. The van der Waals surface area contributed by atoms with Crippen molar-refractivity contribution in [1.29, 1.82) is 0 Å². The zero-order valence-corrected chi connectivity index (χ0v) is 12.9. The Morgan fingerprint density at radius 2 is 1.89 bits per heavy atom. The summed E-state index contributed by atoms with van der Waals surface area (Å²) < 4.78 is 0. The number of piperazine rings is 1. The molecule has 1 spiro atoms. The lowest BCUT2D eigenvalue weighted by atomic mass is 9.86. The van der Waals surface area contributed by atoms with Crippen molar-refractivity contribution in [3.05, 3.63) is 0 Å². The van der Waals surface area contributed by atoms with Crippen LogP contribution in [0, 0.1) is 0 Å². The summed E-state index contributed by atoms with van der Waals surface area (Å²) in [5.74, 6) is 2.07. The molecule has 1 saturated carbocycles. The Hall–Kier alpha value is -0.710. The molecule has 5 heteroatoms. The van der Waals surface area contributed by atoms with E-state index in [-0.39, 0.29) is 11.8 Å². The molecule has 4 nitrogen and oxygen atoms in total. The first-order valence-electron chi connectivity index (χ1n) is 7.16. The van der Waals surface area contributed by atoms with Gasteiger partial charge in [-0.05, 0) is 32.4 Å². The number of amides is 2. The van der Waals surface area contributed by atoms with E-state index in [0.717, 1.165) is 37.2 Å². The number of rotatable bonds is 4. The maximum absolute atomic E-state index is 12.8. The molecule has 0 aromatic carbocycles. The lowest BCUT2D eigenvalue weighted by Gasteiger charge is -2.48. The van der Waals surface area contributed by atoms with Crippen LogP contribution >= 0.6 is 11.8 Å². The van der Waals surface area contributed by atoms with E-state index in [4.69, 9.17) is 0 Å². The molecule has 1 saturated heterocycles. The first-order valence-corrected chi connectivity index (χ1v) is 8.32. The van der Waals surface area contributed by atoms with E-state index in [2.05, 4.69) is 12.2 Å². The molecule has 2 aliphatic rings. The van der Waals surface area contributed by atoms with Gasteiger partial charge in [-0.25, -0.2) is 0 Å². The lowest BCUT2D eigenvalue weighted by Crippen LogP contribution is -2.73. The fourth-order valence-electron chi connectivity index (χ4n) is 3.06. The number of nitrogens with zero attached hydrogens (tertiary/aromatic N) is 1.